The van der Waals surface area contributed by atoms with E-state index >= 15 is 0 Å². The number of carbonyl (C=O) groups excluding carboxylic acids is 1. The number of rotatable bonds is 5. The number of anilines is 1. The van der Waals surface area contributed by atoms with Crippen LogP contribution in [0.3, 0.4) is 0 Å². The average Bonchev–Trinajstić information content (AvgIpc) is 2.38. The molecule has 1 aliphatic heterocycles. The highest BCUT2D eigenvalue weighted by molar-refractivity contribution is 5.77. The minimum absolute atomic E-state index is 0.0111. The minimum Gasteiger partial charge on any atom is -0.467 e. The zero-order valence-electron chi connectivity index (χ0n) is 11.9. The standard InChI is InChI=1S/C14H21N3O3/c1-3-16-13(18)7-17(2)6-10-4-12(15)5-11-8-19-9-20-14(10)11/h4-5H,3,6-9,15H2,1-2H3,(H,16,18). The fourth-order valence-corrected chi connectivity index (χ4v) is 2.29. The molecule has 6 heteroatoms. The largest absolute Gasteiger partial charge is 0.467 e. The summed E-state index contributed by atoms with van der Waals surface area (Å²) in [6.45, 7) is 4.25. The molecule has 0 atom stereocenters. The van der Waals surface area contributed by atoms with Crippen LogP contribution < -0.4 is 15.8 Å². The van der Waals surface area contributed by atoms with E-state index in [0.717, 1.165) is 16.9 Å². The van der Waals surface area contributed by atoms with Crippen LogP contribution in [0.25, 0.3) is 0 Å². The molecule has 0 fully saturated rings. The van der Waals surface area contributed by atoms with Gasteiger partial charge in [0.25, 0.3) is 0 Å². The molecule has 0 saturated carbocycles. The summed E-state index contributed by atoms with van der Waals surface area (Å²) in [5, 5.41) is 2.78. The highest BCUT2D eigenvalue weighted by atomic mass is 16.7. The molecule has 1 aromatic rings. The fourth-order valence-electron chi connectivity index (χ4n) is 2.29. The van der Waals surface area contributed by atoms with E-state index in [-0.39, 0.29) is 12.7 Å². The predicted octanol–water partition coefficient (Wildman–Crippen LogP) is 0.703. The van der Waals surface area contributed by atoms with Crippen LogP contribution in [0, 0.1) is 0 Å². The number of hydrogen-bond acceptors (Lipinski definition) is 5. The van der Waals surface area contributed by atoms with Crippen molar-refractivity contribution >= 4 is 11.6 Å². The van der Waals surface area contributed by atoms with Gasteiger partial charge in [0.1, 0.15) is 5.75 Å². The lowest BCUT2D eigenvalue weighted by atomic mass is 10.1. The van der Waals surface area contributed by atoms with E-state index in [2.05, 4.69) is 5.32 Å². The van der Waals surface area contributed by atoms with Gasteiger partial charge < -0.3 is 20.5 Å². The molecule has 0 unspecified atom stereocenters. The Morgan fingerprint density at radius 2 is 2.30 bits per heavy atom. The zero-order chi connectivity index (χ0) is 14.5. The van der Waals surface area contributed by atoms with E-state index in [9.17, 15) is 4.79 Å². The van der Waals surface area contributed by atoms with Crippen molar-refractivity contribution < 1.29 is 14.3 Å². The molecular weight excluding hydrogens is 258 g/mol. The number of nitrogens with two attached hydrogens (primary N) is 1. The number of ether oxygens (including phenoxy) is 2. The van der Waals surface area contributed by atoms with Crippen LogP contribution in [0.2, 0.25) is 0 Å². The number of nitrogens with zero attached hydrogens (tertiary/aromatic N) is 1. The molecule has 0 spiro atoms. The van der Waals surface area contributed by atoms with Crippen molar-refractivity contribution in [2.45, 2.75) is 20.1 Å². The lowest BCUT2D eigenvalue weighted by Gasteiger charge is -2.24. The first-order valence-corrected chi connectivity index (χ1v) is 6.67. The number of hydrogen-bond donors (Lipinski definition) is 2. The Balaban J connectivity index is 2.08. The Morgan fingerprint density at radius 1 is 1.50 bits per heavy atom. The molecule has 1 aliphatic rings. The Morgan fingerprint density at radius 3 is 3.05 bits per heavy atom. The molecule has 110 valence electrons. The second-order valence-electron chi connectivity index (χ2n) is 4.90. The maximum atomic E-state index is 11.6. The van der Waals surface area contributed by atoms with Gasteiger partial charge in [0.05, 0.1) is 13.2 Å². The summed E-state index contributed by atoms with van der Waals surface area (Å²) in [7, 11) is 1.89. The zero-order valence-corrected chi connectivity index (χ0v) is 11.9. The fraction of sp³-hybridized carbons (Fsp3) is 0.500. The van der Waals surface area contributed by atoms with E-state index in [1.807, 2.05) is 31.0 Å². The maximum Gasteiger partial charge on any atom is 0.234 e. The van der Waals surface area contributed by atoms with Crippen LogP contribution in [0.5, 0.6) is 5.75 Å². The van der Waals surface area contributed by atoms with Crippen LogP contribution in [-0.2, 0) is 22.7 Å². The molecular formula is C14H21N3O3. The van der Waals surface area contributed by atoms with Gasteiger partial charge in [-0.2, -0.15) is 0 Å². The molecule has 20 heavy (non-hydrogen) atoms. The van der Waals surface area contributed by atoms with Gasteiger partial charge in [0.15, 0.2) is 6.79 Å². The molecule has 0 aliphatic carbocycles. The number of nitrogens with one attached hydrogen (secondary N) is 1. The van der Waals surface area contributed by atoms with Gasteiger partial charge in [-0.15, -0.1) is 0 Å². The van der Waals surface area contributed by atoms with E-state index in [1.54, 1.807) is 0 Å². The van der Waals surface area contributed by atoms with Crippen molar-refractivity contribution in [2.24, 2.45) is 0 Å². The van der Waals surface area contributed by atoms with Gasteiger partial charge in [-0.05, 0) is 26.1 Å². The smallest absolute Gasteiger partial charge is 0.234 e. The monoisotopic (exact) mass is 279 g/mol. The van der Waals surface area contributed by atoms with Crippen LogP contribution >= 0.6 is 0 Å². The molecule has 0 bridgehead atoms. The third-order valence-corrected chi connectivity index (χ3v) is 3.04. The third kappa shape index (κ3) is 3.61. The van der Waals surface area contributed by atoms with Crippen molar-refractivity contribution in [1.82, 2.24) is 10.2 Å². The Kier molecular flexibility index (Phi) is 4.81. The highest BCUT2D eigenvalue weighted by Crippen LogP contribution is 2.31. The third-order valence-electron chi connectivity index (χ3n) is 3.04. The second-order valence-corrected chi connectivity index (χ2v) is 4.90. The summed E-state index contributed by atoms with van der Waals surface area (Å²) in [5.74, 6) is 0.838. The number of fused-ring (bicyclic) bond motifs is 1. The Labute approximate surface area is 118 Å². The number of likely N-dealkylation sites (N-methyl/N-ethyl adjacent to an activating group) is 2. The van der Waals surface area contributed by atoms with Crippen molar-refractivity contribution in [1.29, 1.82) is 0 Å². The SMILES string of the molecule is CCNC(=O)CN(C)Cc1cc(N)cc2c1OCOC2. The number of nitrogen functional groups attached to an aromatic ring is 1. The number of amides is 1. The topological polar surface area (TPSA) is 76.8 Å². The molecule has 6 nitrogen and oxygen atoms in total. The molecule has 0 radical (unpaired) electrons. The molecule has 2 rings (SSSR count). The number of carbonyl (C=O) groups is 1. The first kappa shape index (κ1) is 14.6. The van der Waals surface area contributed by atoms with Gasteiger partial charge in [-0.25, -0.2) is 0 Å². The Hall–Kier alpha value is -1.79. The van der Waals surface area contributed by atoms with Gasteiger partial charge in [0, 0.05) is 29.9 Å². The maximum absolute atomic E-state index is 11.6. The van der Waals surface area contributed by atoms with Crippen molar-refractivity contribution in [3.8, 4) is 5.75 Å². The van der Waals surface area contributed by atoms with E-state index in [4.69, 9.17) is 15.2 Å². The van der Waals surface area contributed by atoms with E-state index < -0.39 is 0 Å². The van der Waals surface area contributed by atoms with Crippen LogP contribution in [0.4, 0.5) is 5.69 Å². The van der Waals surface area contributed by atoms with Gasteiger partial charge in [-0.3, -0.25) is 9.69 Å². The van der Waals surface area contributed by atoms with Crippen LogP contribution in [0.1, 0.15) is 18.1 Å². The molecule has 1 aromatic carbocycles. The second kappa shape index (κ2) is 6.58. The normalized spacial score (nSPS) is 13.8. The summed E-state index contributed by atoms with van der Waals surface area (Å²) >= 11 is 0. The predicted molar refractivity (Wildman–Crippen MR) is 76.2 cm³/mol. The van der Waals surface area contributed by atoms with Gasteiger partial charge >= 0.3 is 0 Å². The van der Waals surface area contributed by atoms with Crippen molar-refractivity contribution in [3.05, 3.63) is 23.3 Å². The van der Waals surface area contributed by atoms with Crippen LogP contribution in [-0.4, -0.2) is 37.7 Å². The van der Waals surface area contributed by atoms with Gasteiger partial charge in [-0.1, -0.05) is 0 Å². The molecule has 1 amide bonds. The summed E-state index contributed by atoms with van der Waals surface area (Å²) in [5.41, 5.74) is 8.52. The summed E-state index contributed by atoms with van der Waals surface area (Å²) in [6, 6.07) is 3.75. The average molecular weight is 279 g/mol. The first-order valence-electron chi connectivity index (χ1n) is 6.67. The van der Waals surface area contributed by atoms with E-state index in [1.165, 1.54) is 0 Å². The lowest BCUT2D eigenvalue weighted by molar-refractivity contribution is -0.121. The van der Waals surface area contributed by atoms with Gasteiger partial charge in [0.2, 0.25) is 5.91 Å². The highest BCUT2D eigenvalue weighted by Gasteiger charge is 2.17. The quantitative estimate of drug-likeness (QED) is 0.776. The van der Waals surface area contributed by atoms with Crippen molar-refractivity contribution in [3.63, 3.8) is 0 Å². The molecule has 3 N–H and O–H groups in total. The van der Waals surface area contributed by atoms with E-state index in [0.29, 0.717) is 31.9 Å². The molecule has 0 saturated heterocycles. The Bertz CT molecular complexity index is 491. The summed E-state index contributed by atoms with van der Waals surface area (Å²) in [6.07, 6.45) is 0. The summed E-state index contributed by atoms with van der Waals surface area (Å²) in [4.78, 5) is 13.5. The summed E-state index contributed by atoms with van der Waals surface area (Å²) < 4.78 is 10.8. The minimum atomic E-state index is 0.0111. The lowest BCUT2D eigenvalue weighted by Crippen LogP contribution is -2.34. The molecule has 0 aromatic heterocycles. The first-order chi connectivity index (χ1) is 9.60. The molecule has 1 heterocycles. The van der Waals surface area contributed by atoms with Crippen LogP contribution in [0.15, 0.2) is 12.1 Å². The number of benzene rings is 1. The van der Waals surface area contributed by atoms with Crippen molar-refractivity contribution in [2.75, 3.05) is 32.7 Å².